The second kappa shape index (κ2) is 4.55. The van der Waals surface area contributed by atoms with Gasteiger partial charge in [-0.1, -0.05) is 20.8 Å². The minimum absolute atomic E-state index is 0.333. The maximum atomic E-state index is 3.73. The van der Waals surface area contributed by atoms with Gasteiger partial charge in [-0.3, -0.25) is 4.90 Å². The first-order valence-electron chi connectivity index (χ1n) is 7.36. The van der Waals surface area contributed by atoms with Crippen LogP contribution in [0.4, 0.5) is 0 Å². The molecule has 2 aliphatic rings. The summed E-state index contributed by atoms with van der Waals surface area (Å²) in [6.45, 7) is 14.3. The van der Waals surface area contributed by atoms with Crippen LogP contribution in [0.25, 0.3) is 0 Å². The first kappa shape index (κ1) is 13.4. The van der Waals surface area contributed by atoms with E-state index >= 15 is 0 Å². The van der Waals surface area contributed by atoms with Crippen LogP contribution >= 0.6 is 0 Å². The lowest BCUT2D eigenvalue weighted by atomic mass is 9.89. The Morgan fingerprint density at radius 1 is 1.29 bits per heavy atom. The first-order valence-corrected chi connectivity index (χ1v) is 7.36. The summed E-state index contributed by atoms with van der Waals surface area (Å²) in [6.07, 6.45) is 5.41. The molecule has 1 aliphatic heterocycles. The summed E-state index contributed by atoms with van der Waals surface area (Å²) in [5.74, 6) is 0. The standard InChI is InChI=1S/C15H30N2/c1-6-15(5)11-17(12(2)10-16-15)13-7-8-14(3,4)9-13/h12-13,16H,6-11H2,1-5H3. The molecule has 1 saturated heterocycles. The van der Waals surface area contributed by atoms with Crippen molar-refractivity contribution in [1.82, 2.24) is 10.2 Å². The Morgan fingerprint density at radius 2 is 2.00 bits per heavy atom. The smallest absolute Gasteiger partial charge is 0.0278 e. The number of hydrogen-bond donors (Lipinski definition) is 1. The molecule has 0 bridgehead atoms. The van der Waals surface area contributed by atoms with Crippen LogP contribution in [0, 0.1) is 5.41 Å². The van der Waals surface area contributed by atoms with E-state index in [0.717, 1.165) is 12.6 Å². The second-order valence-electron chi connectivity index (χ2n) is 7.38. The van der Waals surface area contributed by atoms with E-state index in [4.69, 9.17) is 0 Å². The molecule has 1 N–H and O–H groups in total. The number of piperazine rings is 1. The molecule has 2 fully saturated rings. The van der Waals surface area contributed by atoms with Crippen molar-refractivity contribution in [3.05, 3.63) is 0 Å². The normalized spacial score (nSPS) is 42.9. The molecule has 2 rings (SSSR count). The zero-order valence-corrected chi connectivity index (χ0v) is 12.3. The molecule has 0 aromatic rings. The Hall–Kier alpha value is -0.0800. The van der Waals surface area contributed by atoms with Crippen molar-refractivity contribution in [3.63, 3.8) is 0 Å². The van der Waals surface area contributed by atoms with E-state index in [2.05, 4.69) is 44.8 Å². The van der Waals surface area contributed by atoms with E-state index in [1.54, 1.807) is 0 Å². The molecule has 0 spiro atoms. The maximum absolute atomic E-state index is 3.73. The largest absolute Gasteiger partial charge is 0.309 e. The summed E-state index contributed by atoms with van der Waals surface area (Å²) in [5, 5.41) is 3.73. The maximum Gasteiger partial charge on any atom is 0.0278 e. The highest BCUT2D eigenvalue weighted by molar-refractivity contribution is 4.98. The molecule has 100 valence electrons. The van der Waals surface area contributed by atoms with Gasteiger partial charge < -0.3 is 5.32 Å². The van der Waals surface area contributed by atoms with E-state index in [9.17, 15) is 0 Å². The lowest BCUT2D eigenvalue weighted by Crippen LogP contribution is -2.63. The predicted molar refractivity (Wildman–Crippen MR) is 74.3 cm³/mol. The number of hydrogen-bond acceptors (Lipinski definition) is 2. The quantitative estimate of drug-likeness (QED) is 0.795. The summed E-state index contributed by atoms with van der Waals surface area (Å²) in [5.41, 5.74) is 0.900. The molecular weight excluding hydrogens is 208 g/mol. The number of rotatable bonds is 2. The Balaban J connectivity index is 2.04. The topological polar surface area (TPSA) is 15.3 Å². The van der Waals surface area contributed by atoms with Crippen molar-refractivity contribution < 1.29 is 0 Å². The molecule has 0 aromatic carbocycles. The fourth-order valence-corrected chi connectivity index (χ4v) is 3.53. The van der Waals surface area contributed by atoms with Crippen molar-refractivity contribution in [2.45, 2.75) is 77.9 Å². The van der Waals surface area contributed by atoms with Gasteiger partial charge in [0.1, 0.15) is 0 Å². The fourth-order valence-electron chi connectivity index (χ4n) is 3.53. The highest BCUT2D eigenvalue weighted by atomic mass is 15.3. The average molecular weight is 238 g/mol. The van der Waals surface area contributed by atoms with Gasteiger partial charge in [-0.05, 0) is 44.9 Å². The fraction of sp³-hybridized carbons (Fsp3) is 1.00. The molecular formula is C15H30N2. The zero-order chi connectivity index (χ0) is 12.7. The molecule has 17 heavy (non-hydrogen) atoms. The van der Waals surface area contributed by atoms with Gasteiger partial charge in [0.05, 0.1) is 0 Å². The van der Waals surface area contributed by atoms with Crippen molar-refractivity contribution in [2.24, 2.45) is 5.41 Å². The van der Waals surface area contributed by atoms with Gasteiger partial charge in [0.2, 0.25) is 0 Å². The average Bonchev–Trinajstić information content (AvgIpc) is 2.63. The van der Waals surface area contributed by atoms with E-state index in [-0.39, 0.29) is 0 Å². The van der Waals surface area contributed by atoms with Gasteiger partial charge in [0, 0.05) is 30.7 Å². The minimum Gasteiger partial charge on any atom is -0.309 e. The number of nitrogens with one attached hydrogen (secondary N) is 1. The van der Waals surface area contributed by atoms with Gasteiger partial charge in [0.25, 0.3) is 0 Å². The van der Waals surface area contributed by atoms with Crippen molar-refractivity contribution >= 4 is 0 Å². The van der Waals surface area contributed by atoms with Crippen LogP contribution in [0.15, 0.2) is 0 Å². The third-order valence-corrected chi connectivity index (χ3v) is 5.11. The zero-order valence-electron chi connectivity index (χ0n) is 12.3. The Morgan fingerprint density at radius 3 is 2.53 bits per heavy atom. The number of nitrogens with zero attached hydrogens (tertiary/aromatic N) is 1. The highest BCUT2D eigenvalue weighted by Crippen LogP contribution is 2.40. The SMILES string of the molecule is CCC1(C)CN(C2CCC(C)(C)C2)C(C)CN1. The third kappa shape index (κ3) is 2.85. The van der Waals surface area contributed by atoms with Crippen LogP contribution in [0.5, 0.6) is 0 Å². The Kier molecular flexibility index (Phi) is 3.57. The van der Waals surface area contributed by atoms with Crippen molar-refractivity contribution in [2.75, 3.05) is 13.1 Å². The third-order valence-electron chi connectivity index (χ3n) is 5.11. The monoisotopic (exact) mass is 238 g/mol. The highest BCUT2D eigenvalue weighted by Gasteiger charge is 2.40. The molecule has 1 saturated carbocycles. The van der Waals surface area contributed by atoms with Crippen LogP contribution in [0.1, 0.15) is 60.3 Å². The van der Waals surface area contributed by atoms with E-state index in [0.29, 0.717) is 17.0 Å². The van der Waals surface area contributed by atoms with Gasteiger partial charge >= 0.3 is 0 Å². The summed E-state index contributed by atoms with van der Waals surface area (Å²) in [6, 6.07) is 1.53. The van der Waals surface area contributed by atoms with Gasteiger partial charge in [0.15, 0.2) is 0 Å². The first-order chi connectivity index (χ1) is 7.85. The van der Waals surface area contributed by atoms with E-state index in [1.807, 2.05) is 0 Å². The minimum atomic E-state index is 0.333. The lowest BCUT2D eigenvalue weighted by Gasteiger charge is -2.47. The summed E-state index contributed by atoms with van der Waals surface area (Å²) < 4.78 is 0. The van der Waals surface area contributed by atoms with Crippen molar-refractivity contribution in [3.8, 4) is 0 Å². The van der Waals surface area contributed by atoms with E-state index < -0.39 is 0 Å². The van der Waals surface area contributed by atoms with Crippen LogP contribution in [-0.4, -0.2) is 35.6 Å². The van der Waals surface area contributed by atoms with Crippen LogP contribution < -0.4 is 5.32 Å². The Bertz CT molecular complexity index is 274. The summed E-state index contributed by atoms with van der Waals surface area (Å²) in [4.78, 5) is 2.79. The van der Waals surface area contributed by atoms with Crippen LogP contribution in [-0.2, 0) is 0 Å². The molecule has 2 nitrogen and oxygen atoms in total. The van der Waals surface area contributed by atoms with Gasteiger partial charge in [-0.25, -0.2) is 0 Å². The Labute approximate surface area is 107 Å². The second-order valence-corrected chi connectivity index (χ2v) is 7.38. The molecule has 3 atom stereocenters. The van der Waals surface area contributed by atoms with Crippen LogP contribution in [0.2, 0.25) is 0 Å². The molecule has 0 aromatic heterocycles. The van der Waals surface area contributed by atoms with Crippen LogP contribution in [0.3, 0.4) is 0 Å². The summed E-state index contributed by atoms with van der Waals surface area (Å²) >= 11 is 0. The molecule has 2 heteroatoms. The van der Waals surface area contributed by atoms with E-state index in [1.165, 1.54) is 32.2 Å². The van der Waals surface area contributed by atoms with Gasteiger partial charge in [-0.2, -0.15) is 0 Å². The summed E-state index contributed by atoms with van der Waals surface area (Å²) in [7, 11) is 0. The molecule has 0 amide bonds. The lowest BCUT2D eigenvalue weighted by molar-refractivity contribution is 0.0520. The molecule has 1 aliphatic carbocycles. The van der Waals surface area contributed by atoms with Gasteiger partial charge in [-0.15, -0.1) is 0 Å². The predicted octanol–water partition coefficient (Wildman–Crippen LogP) is 3.03. The molecule has 0 radical (unpaired) electrons. The molecule has 1 heterocycles. The molecule has 3 unspecified atom stereocenters. The van der Waals surface area contributed by atoms with Crippen molar-refractivity contribution in [1.29, 1.82) is 0 Å².